The molecule has 1 aromatic carbocycles. The Balaban J connectivity index is 1.53. The van der Waals surface area contributed by atoms with Crippen LogP contribution in [-0.2, 0) is 7.05 Å². The molecule has 3 aromatic rings. The van der Waals surface area contributed by atoms with Crippen LogP contribution in [-0.4, -0.2) is 46.1 Å². The summed E-state index contributed by atoms with van der Waals surface area (Å²) in [6.45, 7) is 4.64. The molecule has 8 nitrogen and oxygen atoms in total. The number of nitrogens with zero attached hydrogens (tertiary/aromatic N) is 3. The van der Waals surface area contributed by atoms with Crippen molar-refractivity contribution >= 4 is 5.91 Å². The number of aryl methyl sites for hydroxylation is 2. The largest absolute Gasteiger partial charge is 0.497 e. The molecule has 0 saturated heterocycles. The second-order valence-corrected chi connectivity index (χ2v) is 6.12. The number of H-pyrrole nitrogens is 1. The number of carbonyl (C=O) groups is 1. The normalized spacial score (nSPS) is 10.7. The lowest BCUT2D eigenvalue weighted by molar-refractivity contribution is 0.0942. The number of aromatic amines is 1. The molecular formula is C19H23N5O3. The van der Waals surface area contributed by atoms with E-state index in [-0.39, 0.29) is 5.91 Å². The number of methoxy groups -OCH3 is 1. The molecule has 2 aromatic heterocycles. The van der Waals surface area contributed by atoms with Gasteiger partial charge < -0.3 is 14.8 Å². The fourth-order valence-corrected chi connectivity index (χ4v) is 2.81. The smallest absolute Gasteiger partial charge is 0.269 e. The van der Waals surface area contributed by atoms with E-state index in [1.807, 2.05) is 45.2 Å². The highest BCUT2D eigenvalue weighted by Gasteiger charge is 2.17. The minimum absolute atomic E-state index is 0.230. The van der Waals surface area contributed by atoms with Gasteiger partial charge in [0.25, 0.3) is 5.91 Å². The van der Waals surface area contributed by atoms with E-state index in [0.717, 1.165) is 28.5 Å². The molecule has 3 rings (SSSR count). The lowest BCUT2D eigenvalue weighted by atomic mass is 10.1. The Kier molecular flexibility index (Phi) is 5.44. The summed E-state index contributed by atoms with van der Waals surface area (Å²) in [5.74, 6) is 1.26. The zero-order valence-corrected chi connectivity index (χ0v) is 15.9. The maximum Gasteiger partial charge on any atom is 0.269 e. The SMILES string of the molecule is COc1ccc(OCCNC(=O)c2cc(-c3c(C)nn(C)c3C)n[nH]2)cc1. The summed E-state index contributed by atoms with van der Waals surface area (Å²) in [4.78, 5) is 12.3. The highest BCUT2D eigenvalue weighted by atomic mass is 16.5. The molecule has 0 unspecified atom stereocenters. The summed E-state index contributed by atoms with van der Waals surface area (Å²) in [6.07, 6.45) is 0. The highest BCUT2D eigenvalue weighted by molar-refractivity contribution is 5.93. The van der Waals surface area contributed by atoms with Gasteiger partial charge in [0, 0.05) is 18.3 Å². The number of benzene rings is 1. The van der Waals surface area contributed by atoms with Gasteiger partial charge in [0.05, 0.1) is 25.0 Å². The predicted octanol–water partition coefficient (Wildman–Crippen LogP) is 2.24. The first-order valence-electron chi connectivity index (χ1n) is 8.60. The van der Waals surface area contributed by atoms with E-state index < -0.39 is 0 Å². The molecule has 1 amide bonds. The second kappa shape index (κ2) is 7.94. The molecule has 0 fully saturated rings. The quantitative estimate of drug-likeness (QED) is 0.623. The summed E-state index contributed by atoms with van der Waals surface area (Å²) >= 11 is 0. The van der Waals surface area contributed by atoms with Gasteiger partial charge in [-0.1, -0.05) is 0 Å². The Morgan fingerprint density at radius 2 is 1.93 bits per heavy atom. The second-order valence-electron chi connectivity index (χ2n) is 6.12. The standard InChI is InChI=1S/C19H23N5O3/c1-12-18(13(2)24(3)23-12)16-11-17(22-21-16)19(25)20-9-10-27-15-7-5-14(26-4)6-8-15/h5-8,11H,9-10H2,1-4H3,(H,20,25)(H,21,22). The first-order valence-corrected chi connectivity index (χ1v) is 8.60. The van der Waals surface area contributed by atoms with E-state index >= 15 is 0 Å². The molecule has 0 aliphatic carbocycles. The third kappa shape index (κ3) is 4.11. The Morgan fingerprint density at radius 3 is 2.56 bits per heavy atom. The van der Waals surface area contributed by atoms with Crippen molar-refractivity contribution in [3.63, 3.8) is 0 Å². The Bertz CT molecular complexity index is 927. The van der Waals surface area contributed by atoms with E-state index in [9.17, 15) is 4.79 Å². The van der Waals surface area contributed by atoms with E-state index in [1.165, 1.54) is 0 Å². The number of aromatic nitrogens is 4. The number of nitrogens with one attached hydrogen (secondary N) is 2. The van der Waals surface area contributed by atoms with Gasteiger partial charge in [0.15, 0.2) is 0 Å². The number of ether oxygens (including phenoxy) is 2. The average molecular weight is 369 g/mol. The van der Waals surface area contributed by atoms with Gasteiger partial charge in [0.2, 0.25) is 0 Å². The molecule has 8 heteroatoms. The maximum absolute atomic E-state index is 12.3. The number of carbonyl (C=O) groups excluding carboxylic acids is 1. The molecule has 0 radical (unpaired) electrons. The van der Waals surface area contributed by atoms with Gasteiger partial charge in [-0.05, 0) is 44.2 Å². The molecule has 0 saturated carbocycles. The molecule has 27 heavy (non-hydrogen) atoms. The fraction of sp³-hybridized carbons (Fsp3) is 0.316. The zero-order valence-electron chi connectivity index (χ0n) is 15.9. The van der Waals surface area contributed by atoms with Crippen molar-refractivity contribution in [3.8, 4) is 22.8 Å². The summed E-state index contributed by atoms with van der Waals surface area (Å²) in [6, 6.07) is 9.02. The predicted molar refractivity (Wildman–Crippen MR) is 101 cm³/mol. The number of hydrogen-bond donors (Lipinski definition) is 2. The van der Waals surface area contributed by atoms with Crippen LogP contribution < -0.4 is 14.8 Å². The third-order valence-corrected chi connectivity index (χ3v) is 4.30. The van der Waals surface area contributed by atoms with Crippen LogP contribution in [0.1, 0.15) is 21.9 Å². The van der Waals surface area contributed by atoms with E-state index in [1.54, 1.807) is 17.9 Å². The van der Waals surface area contributed by atoms with Gasteiger partial charge in [-0.3, -0.25) is 14.6 Å². The van der Waals surface area contributed by atoms with Crippen LogP contribution in [0.2, 0.25) is 0 Å². The van der Waals surface area contributed by atoms with Crippen LogP contribution in [0.25, 0.3) is 11.3 Å². The summed E-state index contributed by atoms with van der Waals surface area (Å²) < 4.78 is 12.5. The molecule has 0 bridgehead atoms. The van der Waals surface area contributed by atoms with Gasteiger partial charge in [-0.15, -0.1) is 0 Å². The topological polar surface area (TPSA) is 94.1 Å². The van der Waals surface area contributed by atoms with E-state index in [2.05, 4.69) is 20.6 Å². The molecular weight excluding hydrogens is 346 g/mol. The molecule has 0 aliphatic heterocycles. The monoisotopic (exact) mass is 369 g/mol. The van der Waals surface area contributed by atoms with Gasteiger partial charge >= 0.3 is 0 Å². The Hall–Kier alpha value is -3.29. The average Bonchev–Trinajstić information content (AvgIpc) is 3.24. The van der Waals surface area contributed by atoms with Crippen LogP contribution in [0.15, 0.2) is 30.3 Å². The zero-order chi connectivity index (χ0) is 19.4. The van der Waals surface area contributed by atoms with Gasteiger partial charge in [0.1, 0.15) is 23.8 Å². The Labute approximate surface area is 157 Å². The number of amides is 1. The van der Waals surface area contributed by atoms with Crippen molar-refractivity contribution < 1.29 is 14.3 Å². The lowest BCUT2D eigenvalue weighted by Crippen LogP contribution is -2.28. The van der Waals surface area contributed by atoms with E-state index in [4.69, 9.17) is 9.47 Å². The van der Waals surface area contributed by atoms with Crippen molar-refractivity contribution in [2.75, 3.05) is 20.3 Å². The summed E-state index contributed by atoms with van der Waals surface area (Å²) in [5, 5.41) is 14.2. The highest BCUT2D eigenvalue weighted by Crippen LogP contribution is 2.25. The number of rotatable bonds is 7. The van der Waals surface area contributed by atoms with Crippen molar-refractivity contribution in [1.82, 2.24) is 25.3 Å². The number of hydrogen-bond acceptors (Lipinski definition) is 5. The molecule has 142 valence electrons. The first-order chi connectivity index (χ1) is 13.0. The van der Waals surface area contributed by atoms with Crippen LogP contribution >= 0.6 is 0 Å². The van der Waals surface area contributed by atoms with Gasteiger partial charge in [-0.2, -0.15) is 10.2 Å². The molecule has 2 heterocycles. The van der Waals surface area contributed by atoms with Crippen LogP contribution in [0, 0.1) is 13.8 Å². The fourth-order valence-electron chi connectivity index (χ4n) is 2.81. The maximum atomic E-state index is 12.3. The van der Waals surface area contributed by atoms with Gasteiger partial charge in [-0.25, -0.2) is 0 Å². The molecule has 0 atom stereocenters. The summed E-state index contributed by atoms with van der Waals surface area (Å²) in [7, 11) is 3.50. The van der Waals surface area contributed by atoms with Crippen LogP contribution in [0.3, 0.4) is 0 Å². The minimum atomic E-state index is -0.230. The third-order valence-electron chi connectivity index (χ3n) is 4.30. The molecule has 0 aliphatic rings. The first kappa shape index (κ1) is 18.5. The van der Waals surface area contributed by atoms with E-state index in [0.29, 0.717) is 24.5 Å². The van der Waals surface area contributed by atoms with Crippen LogP contribution in [0.5, 0.6) is 11.5 Å². The summed E-state index contributed by atoms with van der Waals surface area (Å²) in [5.41, 5.74) is 3.92. The minimum Gasteiger partial charge on any atom is -0.497 e. The van der Waals surface area contributed by atoms with Crippen LogP contribution in [0.4, 0.5) is 0 Å². The Morgan fingerprint density at radius 1 is 1.22 bits per heavy atom. The lowest BCUT2D eigenvalue weighted by Gasteiger charge is -2.07. The van der Waals surface area contributed by atoms with Crippen molar-refractivity contribution in [1.29, 1.82) is 0 Å². The van der Waals surface area contributed by atoms with Crippen molar-refractivity contribution in [2.24, 2.45) is 7.05 Å². The molecule has 0 spiro atoms. The van der Waals surface area contributed by atoms with Crippen molar-refractivity contribution in [3.05, 3.63) is 47.4 Å². The molecule has 2 N–H and O–H groups in total. The van der Waals surface area contributed by atoms with Crippen molar-refractivity contribution in [2.45, 2.75) is 13.8 Å².